The van der Waals surface area contributed by atoms with Gasteiger partial charge in [0.15, 0.2) is 0 Å². The first-order chi connectivity index (χ1) is 10.2. The van der Waals surface area contributed by atoms with Crippen LogP contribution >= 0.6 is 0 Å². The van der Waals surface area contributed by atoms with E-state index >= 15 is 0 Å². The third kappa shape index (κ3) is 5.06. The maximum absolute atomic E-state index is 13.1. The molecule has 1 atom stereocenters. The third-order valence-electron chi connectivity index (χ3n) is 2.88. The minimum Gasteiger partial charge on any atom is -0.489 e. The number of benzene rings is 2. The van der Waals surface area contributed by atoms with Crippen molar-refractivity contribution < 1.29 is 19.3 Å². The predicted molar refractivity (Wildman–Crippen MR) is 78.8 cm³/mol. The maximum Gasteiger partial charge on any atom is 0.123 e. The first kappa shape index (κ1) is 15.3. The summed E-state index contributed by atoms with van der Waals surface area (Å²) < 4.78 is 18.7. The Morgan fingerprint density at radius 1 is 1.14 bits per heavy atom. The SMILES string of the molecule is OCC(O)CNc1cccc(OCc2cccc(F)c2)c1. The highest BCUT2D eigenvalue weighted by Gasteiger charge is 2.03. The van der Waals surface area contributed by atoms with E-state index in [2.05, 4.69) is 5.32 Å². The summed E-state index contributed by atoms with van der Waals surface area (Å²) in [4.78, 5) is 0. The molecule has 2 aromatic rings. The average molecular weight is 291 g/mol. The molecule has 0 radical (unpaired) electrons. The summed E-state index contributed by atoms with van der Waals surface area (Å²) >= 11 is 0. The Bertz CT molecular complexity index is 577. The maximum atomic E-state index is 13.1. The summed E-state index contributed by atoms with van der Waals surface area (Å²) in [6, 6.07) is 13.5. The number of aliphatic hydroxyl groups excluding tert-OH is 2. The van der Waals surface area contributed by atoms with Crippen LogP contribution in [0.25, 0.3) is 0 Å². The second-order valence-electron chi connectivity index (χ2n) is 4.66. The van der Waals surface area contributed by atoms with Gasteiger partial charge in [0, 0.05) is 18.3 Å². The molecule has 4 nitrogen and oxygen atoms in total. The quantitative estimate of drug-likeness (QED) is 0.731. The van der Waals surface area contributed by atoms with E-state index in [1.807, 2.05) is 12.1 Å². The number of rotatable bonds is 7. The number of ether oxygens (including phenoxy) is 1. The van der Waals surface area contributed by atoms with Crippen molar-refractivity contribution in [1.29, 1.82) is 0 Å². The van der Waals surface area contributed by atoms with Crippen molar-refractivity contribution in [3.8, 4) is 5.75 Å². The number of hydrogen-bond acceptors (Lipinski definition) is 4. The van der Waals surface area contributed by atoms with Gasteiger partial charge in [0.05, 0.1) is 12.7 Å². The zero-order valence-electron chi connectivity index (χ0n) is 11.5. The Hall–Kier alpha value is -2.11. The van der Waals surface area contributed by atoms with E-state index in [0.717, 1.165) is 11.3 Å². The summed E-state index contributed by atoms with van der Waals surface area (Å²) in [7, 11) is 0. The molecule has 0 aromatic heterocycles. The summed E-state index contributed by atoms with van der Waals surface area (Å²) in [5.74, 6) is 0.354. The van der Waals surface area contributed by atoms with Crippen LogP contribution in [0, 0.1) is 5.82 Å². The van der Waals surface area contributed by atoms with Gasteiger partial charge in [0.2, 0.25) is 0 Å². The van der Waals surface area contributed by atoms with E-state index in [-0.39, 0.29) is 25.6 Å². The van der Waals surface area contributed by atoms with Crippen molar-refractivity contribution in [2.75, 3.05) is 18.5 Å². The van der Waals surface area contributed by atoms with Gasteiger partial charge in [-0.1, -0.05) is 18.2 Å². The summed E-state index contributed by atoms with van der Waals surface area (Å²) in [5, 5.41) is 21.0. The number of halogens is 1. The molecular weight excluding hydrogens is 273 g/mol. The summed E-state index contributed by atoms with van der Waals surface area (Å²) in [6.07, 6.45) is -0.804. The van der Waals surface area contributed by atoms with Crippen molar-refractivity contribution in [3.05, 3.63) is 59.9 Å². The second-order valence-corrected chi connectivity index (χ2v) is 4.66. The molecule has 0 bridgehead atoms. The molecule has 0 aliphatic heterocycles. The van der Waals surface area contributed by atoms with E-state index in [1.165, 1.54) is 12.1 Å². The number of anilines is 1. The third-order valence-corrected chi connectivity index (χ3v) is 2.88. The zero-order valence-corrected chi connectivity index (χ0v) is 11.5. The van der Waals surface area contributed by atoms with Crippen LogP contribution < -0.4 is 10.1 Å². The Morgan fingerprint density at radius 2 is 1.95 bits per heavy atom. The standard InChI is InChI=1S/C16H18FNO3/c17-13-4-1-3-12(7-13)11-21-16-6-2-5-14(8-16)18-9-15(20)10-19/h1-8,15,18-20H,9-11H2. The molecule has 2 aromatic carbocycles. The van der Waals surface area contributed by atoms with Gasteiger partial charge in [-0.2, -0.15) is 0 Å². The lowest BCUT2D eigenvalue weighted by Crippen LogP contribution is -2.22. The molecule has 0 fully saturated rings. The molecule has 3 N–H and O–H groups in total. The van der Waals surface area contributed by atoms with E-state index in [1.54, 1.807) is 24.3 Å². The Labute approximate surface area is 122 Å². The van der Waals surface area contributed by atoms with E-state index in [4.69, 9.17) is 9.84 Å². The molecule has 1 unspecified atom stereocenters. The van der Waals surface area contributed by atoms with Crippen LogP contribution in [0.5, 0.6) is 5.75 Å². The Balaban J connectivity index is 1.91. The smallest absolute Gasteiger partial charge is 0.123 e. The Morgan fingerprint density at radius 3 is 2.71 bits per heavy atom. The van der Waals surface area contributed by atoms with Crippen LogP contribution in [0.1, 0.15) is 5.56 Å². The van der Waals surface area contributed by atoms with Crippen LogP contribution in [0.4, 0.5) is 10.1 Å². The van der Waals surface area contributed by atoms with Gasteiger partial charge in [-0.25, -0.2) is 4.39 Å². The van der Waals surface area contributed by atoms with E-state index in [0.29, 0.717) is 5.75 Å². The average Bonchev–Trinajstić information content (AvgIpc) is 2.51. The molecule has 0 aliphatic carbocycles. The molecule has 0 saturated carbocycles. The van der Waals surface area contributed by atoms with Crippen LogP contribution in [0.15, 0.2) is 48.5 Å². The first-order valence-corrected chi connectivity index (χ1v) is 6.67. The first-order valence-electron chi connectivity index (χ1n) is 6.67. The van der Waals surface area contributed by atoms with Gasteiger partial charge < -0.3 is 20.3 Å². The molecule has 0 saturated heterocycles. The number of nitrogens with one attached hydrogen (secondary N) is 1. The van der Waals surface area contributed by atoms with Crippen LogP contribution in [0.2, 0.25) is 0 Å². The van der Waals surface area contributed by atoms with Gasteiger partial charge in [-0.3, -0.25) is 0 Å². The van der Waals surface area contributed by atoms with Gasteiger partial charge in [-0.15, -0.1) is 0 Å². The van der Waals surface area contributed by atoms with Crippen LogP contribution in [-0.4, -0.2) is 29.5 Å². The van der Waals surface area contributed by atoms with Crippen molar-refractivity contribution in [1.82, 2.24) is 0 Å². The summed E-state index contributed by atoms with van der Waals surface area (Å²) in [5.41, 5.74) is 1.53. The molecule has 0 spiro atoms. The lowest BCUT2D eigenvalue weighted by Gasteiger charge is -2.12. The molecule has 2 rings (SSSR count). The molecule has 0 aliphatic rings. The van der Waals surface area contributed by atoms with Gasteiger partial charge in [-0.05, 0) is 29.8 Å². The fourth-order valence-electron chi connectivity index (χ4n) is 1.79. The zero-order chi connectivity index (χ0) is 15.1. The molecule has 21 heavy (non-hydrogen) atoms. The minimum absolute atomic E-state index is 0.254. The Kier molecular flexibility index (Phi) is 5.54. The highest BCUT2D eigenvalue weighted by molar-refractivity contribution is 5.48. The van der Waals surface area contributed by atoms with Crippen LogP contribution in [-0.2, 0) is 6.61 Å². The molecule has 0 amide bonds. The van der Waals surface area contributed by atoms with E-state index in [9.17, 15) is 9.50 Å². The van der Waals surface area contributed by atoms with Crippen molar-refractivity contribution in [3.63, 3.8) is 0 Å². The van der Waals surface area contributed by atoms with Gasteiger partial charge in [0.25, 0.3) is 0 Å². The predicted octanol–water partition coefficient (Wildman–Crippen LogP) is 2.17. The fourth-order valence-corrected chi connectivity index (χ4v) is 1.79. The lowest BCUT2D eigenvalue weighted by molar-refractivity contribution is 0.105. The van der Waals surface area contributed by atoms with E-state index < -0.39 is 6.10 Å². The highest BCUT2D eigenvalue weighted by atomic mass is 19.1. The minimum atomic E-state index is -0.804. The molecule has 112 valence electrons. The molecule has 5 heteroatoms. The van der Waals surface area contributed by atoms with Crippen molar-refractivity contribution >= 4 is 5.69 Å². The van der Waals surface area contributed by atoms with Crippen molar-refractivity contribution in [2.45, 2.75) is 12.7 Å². The normalized spacial score (nSPS) is 12.0. The number of hydrogen-bond donors (Lipinski definition) is 3. The highest BCUT2D eigenvalue weighted by Crippen LogP contribution is 2.18. The van der Waals surface area contributed by atoms with Gasteiger partial charge in [0.1, 0.15) is 18.2 Å². The van der Waals surface area contributed by atoms with Crippen molar-refractivity contribution in [2.24, 2.45) is 0 Å². The van der Waals surface area contributed by atoms with Gasteiger partial charge >= 0.3 is 0 Å². The molecular formula is C16H18FNO3. The fraction of sp³-hybridized carbons (Fsp3) is 0.250. The monoisotopic (exact) mass is 291 g/mol. The lowest BCUT2D eigenvalue weighted by atomic mass is 10.2. The number of aliphatic hydroxyl groups is 2. The topological polar surface area (TPSA) is 61.7 Å². The van der Waals surface area contributed by atoms with Crippen LogP contribution in [0.3, 0.4) is 0 Å². The largest absolute Gasteiger partial charge is 0.489 e. The second kappa shape index (κ2) is 7.61. The molecule has 0 heterocycles. The summed E-state index contributed by atoms with van der Waals surface area (Å²) in [6.45, 7) is 0.243.